The number of para-hydroxylation sites is 1. The minimum absolute atomic E-state index is 0.119. The van der Waals surface area contributed by atoms with Crippen LogP contribution in [0.5, 0.6) is 0 Å². The minimum Gasteiger partial charge on any atom is -0.302 e. The Labute approximate surface area is 158 Å². The van der Waals surface area contributed by atoms with E-state index in [1.54, 1.807) is 18.5 Å². The van der Waals surface area contributed by atoms with Crippen molar-refractivity contribution in [2.45, 2.75) is 6.42 Å². The van der Waals surface area contributed by atoms with Crippen LogP contribution in [0.25, 0.3) is 22.2 Å². The molecule has 0 radical (unpaired) electrons. The first-order chi connectivity index (χ1) is 12.7. The van der Waals surface area contributed by atoms with Crippen LogP contribution in [0.2, 0.25) is 5.15 Å². The fraction of sp³-hybridized carbons (Fsp3) is 0.0526. The lowest BCUT2D eigenvalue weighted by molar-refractivity contribution is -0.115. The molecule has 26 heavy (non-hydrogen) atoms. The Kier molecular flexibility index (Phi) is 4.60. The average molecular weight is 381 g/mol. The van der Waals surface area contributed by atoms with Gasteiger partial charge in [0.05, 0.1) is 17.6 Å². The topological polar surface area (TPSA) is 67.8 Å². The summed E-state index contributed by atoms with van der Waals surface area (Å²) in [4.78, 5) is 25.2. The summed E-state index contributed by atoms with van der Waals surface area (Å²) in [6.07, 6.45) is 3.53. The second kappa shape index (κ2) is 7.19. The van der Waals surface area contributed by atoms with Gasteiger partial charge in [0, 0.05) is 28.7 Å². The molecular formula is C19H13ClN4OS. The molecule has 0 aliphatic rings. The van der Waals surface area contributed by atoms with Crippen molar-refractivity contribution < 1.29 is 4.79 Å². The number of rotatable bonds is 4. The lowest BCUT2D eigenvalue weighted by Gasteiger charge is -2.08. The van der Waals surface area contributed by atoms with Gasteiger partial charge >= 0.3 is 0 Å². The summed E-state index contributed by atoms with van der Waals surface area (Å²) in [6.45, 7) is 0. The zero-order valence-electron chi connectivity index (χ0n) is 13.5. The Morgan fingerprint density at radius 3 is 2.85 bits per heavy atom. The second-order valence-electron chi connectivity index (χ2n) is 5.61. The van der Waals surface area contributed by atoms with E-state index < -0.39 is 0 Å². The van der Waals surface area contributed by atoms with Crippen LogP contribution < -0.4 is 5.32 Å². The zero-order valence-corrected chi connectivity index (χ0v) is 15.1. The van der Waals surface area contributed by atoms with Crippen molar-refractivity contribution in [3.63, 3.8) is 0 Å². The van der Waals surface area contributed by atoms with Gasteiger partial charge in [0.15, 0.2) is 5.13 Å². The molecule has 3 heterocycles. The predicted molar refractivity (Wildman–Crippen MR) is 104 cm³/mol. The van der Waals surface area contributed by atoms with E-state index in [0.29, 0.717) is 10.3 Å². The zero-order chi connectivity index (χ0) is 17.9. The first-order valence-corrected chi connectivity index (χ1v) is 9.15. The van der Waals surface area contributed by atoms with E-state index >= 15 is 0 Å². The third-order valence-electron chi connectivity index (χ3n) is 3.86. The van der Waals surface area contributed by atoms with Crippen LogP contribution in [0.4, 0.5) is 5.13 Å². The number of carbonyl (C=O) groups is 1. The number of pyridine rings is 2. The van der Waals surface area contributed by atoms with Crippen molar-refractivity contribution in [2.75, 3.05) is 5.32 Å². The molecule has 0 unspecified atom stereocenters. The summed E-state index contributed by atoms with van der Waals surface area (Å²) in [5.74, 6) is -0.119. The molecule has 3 aromatic heterocycles. The number of halogens is 1. The molecule has 0 saturated heterocycles. The Balaban J connectivity index is 1.68. The molecule has 4 rings (SSSR count). The van der Waals surface area contributed by atoms with E-state index in [2.05, 4.69) is 15.3 Å². The largest absolute Gasteiger partial charge is 0.302 e. The third kappa shape index (κ3) is 3.56. The van der Waals surface area contributed by atoms with Crippen molar-refractivity contribution in [3.8, 4) is 11.3 Å². The number of nitrogens with zero attached hydrogens (tertiary/aromatic N) is 3. The van der Waals surface area contributed by atoms with Gasteiger partial charge in [-0.15, -0.1) is 11.3 Å². The van der Waals surface area contributed by atoms with Gasteiger partial charge in [0.1, 0.15) is 5.15 Å². The van der Waals surface area contributed by atoms with E-state index in [4.69, 9.17) is 16.6 Å². The van der Waals surface area contributed by atoms with Gasteiger partial charge in [-0.05, 0) is 23.8 Å². The highest BCUT2D eigenvalue weighted by Gasteiger charge is 2.11. The minimum atomic E-state index is -0.119. The standard InChI is InChI=1S/C19H13ClN4OS/c20-16-10-13(6-7-21-16)15-5-4-12-2-1-3-14(18(12)23-15)11-17(25)24-19-22-8-9-26-19/h1-10H,11H2,(H,22,24,25). The van der Waals surface area contributed by atoms with Crippen LogP contribution in [0, 0.1) is 0 Å². The molecule has 4 aromatic rings. The molecule has 1 amide bonds. The first kappa shape index (κ1) is 16.6. The number of anilines is 1. The molecule has 7 heteroatoms. The highest BCUT2D eigenvalue weighted by molar-refractivity contribution is 7.13. The van der Waals surface area contributed by atoms with E-state index in [9.17, 15) is 4.79 Å². The van der Waals surface area contributed by atoms with E-state index in [1.165, 1.54) is 11.3 Å². The number of hydrogen-bond acceptors (Lipinski definition) is 5. The van der Waals surface area contributed by atoms with Crippen molar-refractivity contribution >= 4 is 44.9 Å². The van der Waals surface area contributed by atoms with Gasteiger partial charge in [-0.1, -0.05) is 35.9 Å². The number of nitrogens with one attached hydrogen (secondary N) is 1. The molecule has 1 aromatic carbocycles. The summed E-state index contributed by atoms with van der Waals surface area (Å²) in [7, 11) is 0. The molecule has 0 saturated carbocycles. The van der Waals surface area contributed by atoms with E-state index in [0.717, 1.165) is 27.7 Å². The van der Waals surface area contributed by atoms with Gasteiger partial charge in [-0.2, -0.15) is 0 Å². The molecule has 1 N–H and O–H groups in total. The number of amides is 1. The van der Waals surface area contributed by atoms with Gasteiger partial charge in [0.25, 0.3) is 0 Å². The first-order valence-electron chi connectivity index (χ1n) is 7.89. The van der Waals surface area contributed by atoms with Gasteiger partial charge in [-0.3, -0.25) is 4.79 Å². The van der Waals surface area contributed by atoms with Crippen LogP contribution in [0.1, 0.15) is 5.56 Å². The molecule has 0 aliphatic heterocycles. The SMILES string of the molecule is O=C(Cc1cccc2ccc(-c3ccnc(Cl)c3)nc12)Nc1nccs1. The number of thiazole rings is 1. The van der Waals surface area contributed by atoms with Gasteiger partial charge < -0.3 is 5.32 Å². The van der Waals surface area contributed by atoms with E-state index in [1.807, 2.05) is 41.8 Å². The van der Waals surface area contributed by atoms with Crippen molar-refractivity contribution in [1.29, 1.82) is 0 Å². The van der Waals surface area contributed by atoms with Crippen LogP contribution in [-0.2, 0) is 11.2 Å². The maximum atomic E-state index is 12.3. The quantitative estimate of drug-likeness (QED) is 0.526. The van der Waals surface area contributed by atoms with Gasteiger partial charge in [0.2, 0.25) is 5.91 Å². The molecular weight excluding hydrogens is 368 g/mol. The Morgan fingerprint density at radius 2 is 2.04 bits per heavy atom. The number of benzene rings is 1. The monoisotopic (exact) mass is 380 g/mol. The van der Waals surface area contributed by atoms with E-state index in [-0.39, 0.29) is 12.3 Å². The third-order valence-corrected chi connectivity index (χ3v) is 4.75. The Bertz CT molecular complexity index is 1080. The van der Waals surface area contributed by atoms with Gasteiger partial charge in [-0.25, -0.2) is 15.0 Å². The maximum absolute atomic E-state index is 12.3. The van der Waals surface area contributed by atoms with Crippen LogP contribution in [0.15, 0.2) is 60.2 Å². The molecule has 0 atom stereocenters. The predicted octanol–water partition coefficient (Wildman–Crippen LogP) is 4.59. The summed E-state index contributed by atoms with van der Waals surface area (Å²) < 4.78 is 0. The number of carbonyl (C=O) groups excluding carboxylic acids is 1. The highest BCUT2D eigenvalue weighted by atomic mass is 35.5. The summed E-state index contributed by atoms with van der Waals surface area (Å²) >= 11 is 7.37. The average Bonchev–Trinajstić information content (AvgIpc) is 3.14. The molecule has 0 fully saturated rings. The van der Waals surface area contributed by atoms with Crippen LogP contribution in [-0.4, -0.2) is 20.9 Å². The fourth-order valence-corrected chi connectivity index (χ4v) is 3.41. The summed E-state index contributed by atoms with van der Waals surface area (Å²) in [5.41, 5.74) is 3.33. The summed E-state index contributed by atoms with van der Waals surface area (Å²) in [5, 5.41) is 6.61. The number of fused-ring (bicyclic) bond motifs is 1. The van der Waals surface area contributed by atoms with Crippen molar-refractivity contribution in [3.05, 3.63) is 71.0 Å². The Hall–Kier alpha value is -2.83. The van der Waals surface area contributed by atoms with Crippen molar-refractivity contribution in [2.24, 2.45) is 0 Å². The highest BCUT2D eigenvalue weighted by Crippen LogP contribution is 2.25. The molecule has 0 bridgehead atoms. The number of aromatic nitrogens is 3. The second-order valence-corrected chi connectivity index (χ2v) is 6.90. The van der Waals surface area contributed by atoms with Crippen molar-refractivity contribution in [1.82, 2.24) is 15.0 Å². The molecule has 0 aliphatic carbocycles. The smallest absolute Gasteiger partial charge is 0.230 e. The maximum Gasteiger partial charge on any atom is 0.230 e. The fourth-order valence-electron chi connectivity index (χ4n) is 2.70. The lowest BCUT2D eigenvalue weighted by Crippen LogP contribution is -2.14. The Morgan fingerprint density at radius 1 is 1.12 bits per heavy atom. The molecule has 0 spiro atoms. The number of hydrogen-bond donors (Lipinski definition) is 1. The van der Waals surface area contributed by atoms with Crippen LogP contribution in [0.3, 0.4) is 0 Å². The molecule has 128 valence electrons. The molecule has 5 nitrogen and oxygen atoms in total. The summed E-state index contributed by atoms with van der Waals surface area (Å²) in [6, 6.07) is 13.4. The lowest BCUT2D eigenvalue weighted by atomic mass is 10.0. The normalized spacial score (nSPS) is 10.8. The van der Waals surface area contributed by atoms with Crippen LogP contribution >= 0.6 is 22.9 Å².